The van der Waals surface area contributed by atoms with Gasteiger partial charge in [0.1, 0.15) is 5.75 Å². The molecule has 7 heteroatoms. The Morgan fingerprint density at radius 3 is 2.67 bits per heavy atom. The van der Waals surface area contributed by atoms with Gasteiger partial charge in [0, 0.05) is 0 Å². The van der Waals surface area contributed by atoms with Gasteiger partial charge in [0.05, 0.1) is 7.05 Å². The van der Waals surface area contributed by atoms with Crippen molar-refractivity contribution in [1.82, 2.24) is 20.2 Å². The number of anilines is 1. The number of nitrogens with zero attached hydrogens (tertiary/aromatic N) is 4. The van der Waals surface area contributed by atoms with Crippen molar-refractivity contribution in [1.29, 1.82) is 0 Å². The summed E-state index contributed by atoms with van der Waals surface area (Å²) in [7, 11) is 1.62. The van der Waals surface area contributed by atoms with Gasteiger partial charge in [0.2, 0.25) is 0 Å². The molecule has 0 bridgehead atoms. The van der Waals surface area contributed by atoms with Gasteiger partial charge >= 0.3 is 0 Å². The van der Waals surface area contributed by atoms with Crippen molar-refractivity contribution in [3.63, 3.8) is 0 Å². The molecule has 0 saturated heterocycles. The summed E-state index contributed by atoms with van der Waals surface area (Å²) in [5.41, 5.74) is 1.26. The van der Waals surface area contributed by atoms with E-state index in [1.165, 1.54) is 10.4 Å². The van der Waals surface area contributed by atoms with E-state index in [2.05, 4.69) is 34.6 Å². The molecule has 112 valence electrons. The lowest BCUT2D eigenvalue weighted by Crippen LogP contribution is -2.21. The molecule has 0 saturated carbocycles. The quantitative estimate of drug-likeness (QED) is 0.876. The first kappa shape index (κ1) is 15.0. The van der Waals surface area contributed by atoms with Gasteiger partial charge in [-0.3, -0.25) is 10.1 Å². The van der Waals surface area contributed by atoms with Gasteiger partial charge in [-0.05, 0) is 35.2 Å². The van der Waals surface area contributed by atoms with Gasteiger partial charge < -0.3 is 4.74 Å². The molecule has 1 aromatic heterocycles. The summed E-state index contributed by atoms with van der Waals surface area (Å²) in [6.07, 6.45) is 1.09. The Labute approximate surface area is 123 Å². The molecule has 7 nitrogen and oxygen atoms in total. The van der Waals surface area contributed by atoms with Crippen LogP contribution >= 0.6 is 0 Å². The molecule has 0 radical (unpaired) electrons. The molecule has 1 atom stereocenters. The average molecular weight is 289 g/mol. The van der Waals surface area contributed by atoms with Crippen LogP contribution in [-0.2, 0) is 11.8 Å². The highest BCUT2D eigenvalue weighted by Gasteiger charge is 2.08. The van der Waals surface area contributed by atoms with E-state index in [0.717, 1.165) is 6.42 Å². The Morgan fingerprint density at radius 2 is 2.10 bits per heavy atom. The predicted octanol–water partition coefficient (Wildman–Crippen LogP) is 1.74. The third kappa shape index (κ3) is 4.27. The number of carbonyl (C=O) groups excluding carboxylic acids is 1. The minimum Gasteiger partial charge on any atom is -0.484 e. The zero-order valence-corrected chi connectivity index (χ0v) is 12.4. The van der Waals surface area contributed by atoms with Gasteiger partial charge in [0.15, 0.2) is 6.61 Å². The van der Waals surface area contributed by atoms with E-state index in [0.29, 0.717) is 11.7 Å². The lowest BCUT2D eigenvalue weighted by Gasteiger charge is -2.10. The number of hydrogen-bond donors (Lipinski definition) is 1. The van der Waals surface area contributed by atoms with Crippen molar-refractivity contribution >= 4 is 11.9 Å². The monoisotopic (exact) mass is 289 g/mol. The van der Waals surface area contributed by atoms with E-state index < -0.39 is 0 Å². The van der Waals surface area contributed by atoms with Gasteiger partial charge in [-0.15, -0.1) is 5.10 Å². The van der Waals surface area contributed by atoms with Gasteiger partial charge in [-0.2, -0.15) is 4.80 Å². The maximum atomic E-state index is 11.7. The number of rotatable bonds is 6. The van der Waals surface area contributed by atoms with Crippen LogP contribution in [0.1, 0.15) is 31.7 Å². The first-order valence-corrected chi connectivity index (χ1v) is 6.85. The molecule has 0 unspecified atom stereocenters. The fraction of sp³-hybridized carbons (Fsp3) is 0.429. The third-order valence-corrected chi connectivity index (χ3v) is 3.19. The van der Waals surface area contributed by atoms with E-state index in [9.17, 15) is 4.79 Å². The second kappa shape index (κ2) is 6.83. The first-order chi connectivity index (χ1) is 10.1. The third-order valence-electron chi connectivity index (χ3n) is 3.19. The van der Waals surface area contributed by atoms with E-state index >= 15 is 0 Å². The zero-order chi connectivity index (χ0) is 15.2. The summed E-state index contributed by atoms with van der Waals surface area (Å²) < 4.78 is 5.42. The van der Waals surface area contributed by atoms with Crippen molar-refractivity contribution in [2.75, 3.05) is 11.9 Å². The Morgan fingerprint density at radius 1 is 1.38 bits per heavy atom. The molecule has 0 aliphatic carbocycles. The summed E-state index contributed by atoms with van der Waals surface area (Å²) in [5, 5.41) is 13.6. The number of hydrogen-bond acceptors (Lipinski definition) is 5. The highest BCUT2D eigenvalue weighted by atomic mass is 16.5. The molecule has 0 aliphatic rings. The Kier molecular flexibility index (Phi) is 4.86. The number of amides is 1. The van der Waals surface area contributed by atoms with Crippen molar-refractivity contribution < 1.29 is 9.53 Å². The topological polar surface area (TPSA) is 81.9 Å². The van der Waals surface area contributed by atoms with E-state index in [4.69, 9.17) is 4.74 Å². The molecule has 0 aliphatic heterocycles. The normalized spacial score (nSPS) is 12.0. The number of aryl methyl sites for hydroxylation is 1. The average Bonchev–Trinajstić information content (AvgIpc) is 2.90. The van der Waals surface area contributed by atoms with Crippen LogP contribution in [0.3, 0.4) is 0 Å². The molecule has 2 rings (SSSR count). The minimum atomic E-state index is -0.325. The van der Waals surface area contributed by atoms with Crippen LogP contribution in [0, 0.1) is 0 Å². The lowest BCUT2D eigenvalue weighted by molar-refractivity contribution is -0.118. The molecule has 2 aromatic rings. The minimum absolute atomic E-state index is 0.0963. The largest absolute Gasteiger partial charge is 0.484 e. The van der Waals surface area contributed by atoms with Crippen molar-refractivity contribution in [2.24, 2.45) is 7.05 Å². The summed E-state index contributed by atoms with van der Waals surface area (Å²) in [4.78, 5) is 12.9. The van der Waals surface area contributed by atoms with Gasteiger partial charge in [-0.1, -0.05) is 31.1 Å². The number of benzene rings is 1. The molecule has 1 N–H and O–H groups in total. The summed E-state index contributed by atoms with van der Waals surface area (Å²) in [6, 6.07) is 7.78. The molecular weight excluding hydrogens is 270 g/mol. The number of ether oxygens (including phenoxy) is 1. The van der Waals surface area contributed by atoms with Crippen LogP contribution in [0.5, 0.6) is 5.75 Å². The summed E-state index contributed by atoms with van der Waals surface area (Å²) in [5.74, 6) is 1.02. The highest BCUT2D eigenvalue weighted by Crippen LogP contribution is 2.21. The van der Waals surface area contributed by atoms with Crippen molar-refractivity contribution in [3.05, 3.63) is 29.8 Å². The number of aromatic nitrogens is 4. The fourth-order valence-corrected chi connectivity index (χ4v) is 1.77. The number of carbonyl (C=O) groups is 1. The van der Waals surface area contributed by atoms with Crippen LogP contribution in [-0.4, -0.2) is 32.7 Å². The predicted molar refractivity (Wildman–Crippen MR) is 78.1 cm³/mol. The maximum Gasteiger partial charge on any atom is 0.270 e. The molecular formula is C14H19N5O2. The lowest BCUT2D eigenvalue weighted by atomic mass is 9.99. The Bertz CT molecular complexity index is 594. The van der Waals surface area contributed by atoms with E-state index in [-0.39, 0.29) is 18.5 Å². The maximum absolute atomic E-state index is 11.7. The van der Waals surface area contributed by atoms with Gasteiger partial charge in [0.25, 0.3) is 11.9 Å². The molecule has 1 amide bonds. The molecule has 1 aromatic carbocycles. The highest BCUT2D eigenvalue weighted by molar-refractivity contribution is 5.90. The molecule has 1 heterocycles. The smallest absolute Gasteiger partial charge is 0.270 e. The van der Waals surface area contributed by atoms with Crippen LogP contribution in [0.2, 0.25) is 0 Å². The standard InChI is InChI=1S/C14H19N5O2/c1-4-10(2)11-5-7-12(8-6-11)21-9-13(20)15-14-16-18-19(3)17-14/h5-8,10H,4,9H2,1-3H3,(H,15,17,20)/t10-/m0/s1. The van der Waals surface area contributed by atoms with Crippen molar-refractivity contribution in [3.8, 4) is 5.75 Å². The molecule has 21 heavy (non-hydrogen) atoms. The number of nitrogens with one attached hydrogen (secondary N) is 1. The Hall–Kier alpha value is -2.44. The zero-order valence-electron chi connectivity index (χ0n) is 12.4. The van der Waals surface area contributed by atoms with Crippen molar-refractivity contribution in [2.45, 2.75) is 26.2 Å². The SMILES string of the molecule is CC[C@H](C)c1ccc(OCC(=O)Nc2nnn(C)n2)cc1. The van der Waals surface area contributed by atoms with Crippen LogP contribution in [0.25, 0.3) is 0 Å². The summed E-state index contributed by atoms with van der Waals surface area (Å²) >= 11 is 0. The van der Waals surface area contributed by atoms with Crippen LogP contribution in [0.4, 0.5) is 5.95 Å². The van der Waals surface area contributed by atoms with E-state index in [1.54, 1.807) is 7.05 Å². The van der Waals surface area contributed by atoms with E-state index in [1.807, 2.05) is 24.3 Å². The number of tetrazole rings is 1. The summed E-state index contributed by atoms with van der Waals surface area (Å²) in [6.45, 7) is 4.23. The molecule has 0 spiro atoms. The Balaban J connectivity index is 1.83. The molecule has 0 fully saturated rings. The second-order valence-electron chi connectivity index (χ2n) is 4.82. The van der Waals surface area contributed by atoms with Gasteiger partial charge in [-0.25, -0.2) is 0 Å². The van der Waals surface area contributed by atoms with Crippen LogP contribution < -0.4 is 10.1 Å². The fourth-order valence-electron chi connectivity index (χ4n) is 1.77. The second-order valence-corrected chi connectivity index (χ2v) is 4.82. The van der Waals surface area contributed by atoms with Crippen LogP contribution in [0.15, 0.2) is 24.3 Å². The first-order valence-electron chi connectivity index (χ1n) is 6.85.